The normalized spacial score (nSPS) is 10.1. The molecule has 0 bridgehead atoms. The van der Waals surface area contributed by atoms with Crippen molar-refractivity contribution in [1.29, 1.82) is 0 Å². The number of halogens is 1. The molecule has 17 heavy (non-hydrogen) atoms. The van der Waals surface area contributed by atoms with E-state index in [0.717, 1.165) is 0 Å². The van der Waals surface area contributed by atoms with E-state index >= 15 is 0 Å². The van der Waals surface area contributed by atoms with Crippen LogP contribution in [-0.4, -0.2) is 29.6 Å². The molecule has 0 fully saturated rings. The molecule has 1 N–H and O–H groups in total. The minimum absolute atomic E-state index is 0.164. The Morgan fingerprint density at radius 3 is 2.76 bits per heavy atom. The highest BCUT2D eigenvalue weighted by molar-refractivity contribution is 6.31. The first-order chi connectivity index (χ1) is 8.04. The number of hydrogen-bond acceptors (Lipinski definition) is 3. The van der Waals surface area contributed by atoms with E-state index in [9.17, 15) is 9.59 Å². The second-order valence-electron chi connectivity index (χ2n) is 3.47. The van der Waals surface area contributed by atoms with Gasteiger partial charge in [-0.15, -0.1) is 0 Å². The van der Waals surface area contributed by atoms with Crippen molar-refractivity contribution in [2.45, 2.75) is 13.3 Å². The smallest absolute Gasteiger partial charge is 0.307 e. The van der Waals surface area contributed by atoms with E-state index < -0.39 is 0 Å². The molecule has 0 saturated carbocycles. The molecule has 1 amide bonds. The number of ether oxygens (including phenoxy) is 1. The van der Waals surface area contributed by atoms with Gasteiger partial charge >= 0.3 is 5.97 Å². The molecule has 0 aromatic carbocycles. The van der Waals surface area contributed by atoms with Gasteiger partial charge in [0.25, 0.3) is 5.91 Å². The molecule has 5 nitrogen and oxygen atoms in total. The average molecular weight is 259 g/mol. The summed E-state index contributed by atoms with van der Waals surface area (Å²) in [5.74, 6) is -0.582. The molecule has 0 radical (unpaired) electrons. The molecule has 6 heteroatoms. The summed E-state index contributed by atoms with van der Waals surface area (Å²) in [7, 11) is 1.73. The number of aryl methyl sites for hydroxylation is 1. The Morgan fingerprint density at radius 2 is 2.24 bits per heavy atom. The quantitative estimate of drug-likeness (QED) is 0.812. The molecule has 0 atom stereocenters. The SMILES string of the molecule is CCOC(=O)CCNC(=O)c1cc(Cl)cn1C. The van der Waals surface area contributed by atoms with Crippen LogP contribution in [0, 0.1) is 0 Å². The Balaban J connectivity index is 2.40. The van der Waals surface area contributed by atoms with E-state index in [2.05, 4.69) is 5.32 Å². The molecule has 0 saturated heterocycles. The van der Waals surface area contributed by atoms with Gasteiger partial charge < -0.3 is 14.6 Å². The number of aromatic nitrogens is 1. The molecule has 1 aromatic rings. The van der Waals surface area contributed by atoms with Gasteiger partial charge in [-0.25, -0.2) is 0 Å². The fourth-order valence-corrected chi connectivity index (χ4v) is 1.60. The van der Waals surface area contributed by atoms with E-state index in [1.807, 2.05) is 0 Å². The van der Waals surface area contributed by atoms with E-state index in [1.165, 1.54) is 0 Å². The van der Waals surface area contributed by atoms with E-state index in [1.54, 1.807) is 30.8 Å². The fourth-order valence-electron chi connectivity index (χ4n) is 1.35. The van der Waals surface area contributed by atoms with Crippen LogP contribution in [0.3, 0.4) is 0 Å². The summed E-state index contributed by atoms with van der Waals surface area (Å²) in [6.45, 7) is 2.34. The second-order valence-corrected chi connectivity index (χ2v) is 3.90. The maximum absolute atomic E-state index is 11.7. The van der Waals surface area contributed by atoms with Crippen LogP contribution in [0.1, 0.15) is 23.8 Å². The molecule has 94 valence electrons. The van der Waals surface area contributed by atoms with Gasteiger partial charge in [0.05, 0.1) is 18.1 Å². The summed E-state index contributed by atoms with van der Waals surface area (Å²) >= 11 is 5.76. The molecule has 0 unspecified atom stereocenters. The fraction of sp³-hybridized carbons (Fsp3) is 0.455. The highest BCUT2D eigenvalue weighted by atomic mass is 35.5. The summed E-state index contributed by atoms with van der Waals surface area (Å²) in [4.78, 5) is 22.7. The van der Waals surface area contributed by atoms with Crippen molar-refractivity contribution in [2.24, 2.45) is 7.05 Å². The Labute approximate surface area is 105 Å². The van der Waals surface area contributed by atoms with E-state index in [4.69, 9.17) is 16.3 Å². The van der Waals surface area contributed by atoms with Crippen LogP contribution in [0.25, 0.3) is 0 Å². The number of nitrogens with zero attached hydrogens (tertiary/aromatic N) is 1. The van der Waals surface area contributed by atoms with E-state index in [-0.39, 0.29) is 24.8 Å². The van der Waals surface area contributed by atoms with Crippen molar-refractivity contribution in [2.75, 3.05) is 13.2 Å². The number of hydrogen-bond donors (Lipinski definition) is 1. The summed E-state index contributed by atoms with van der Waals surface area (Å²) in [6.07, 6.45) is 1.81. The predicted octanol–water partition coefficient (Wildman–Crippen LogP) is 1.36. The standard InChI is InChI=1S/C11H15ClN2O3/c1-3-17-10(15)4-5-13-11(16)9-6-8(12)7-14(9)2/h6-7H,3-5H2,1-2H3,(H,13,16). The molecule has 0 aliphatic heterocycles. The molecule has 1 aromatic heterocycles. The summed E-state index contributed by atoms with van der Waals surface area (Å²) in [5.41, 5.74) is 0.457. The second kappa shape index (κ2) is 6.30. The van der Waals surface area contributed by atoms with Crippen molar-refractivity contribution in [3.63, 3.8) is 0 Å². The number of amides is 1. The molecule has 1 rings (SSSR count). The van der Waals surface area contributed by atoms with Crippen LogP contribution in [0.5, 0.6) is 0 Å². The van der Waals surface area contributed by atoms with Gasteiger partial charge in [-0.1, -0.05) is 11.6 Å². The monoisotopic (exact) mass is 258 g/mol. The summed E-state index contributed by atoms with van der Waals surface area (Å²) in [6, 6.07) is 1.57. The first-order valence-corrected chi connectivity index (χ1v) is 5.68. The number of rotatable bonds is 5. The molecule has 0 spiro atoms. The van der Waals surface area contributed by atoms with Gasteiger partial charge in [0.2, 0.25) is 0 Å². The van der Waals surface area contributed by atoms with Crippen LogP contribution >= 0.6 is 11.6 Å². The Bertz CT molecular complexity index is 415. The summed E-state index contributed by atoms with van der Waals surface area (Å²) < 4.78 is 6.37. The molecule has 0 aliphatic carbocycles. The minimum atomic E-state index is -0.322. The molecule has 1 heterocycles. The van der Waals surface area contributed by atoms with Crippen molar-refractivity contribution in [3.05, 3.63) is 23.0 Å². The third kappa shape index (κ3) is 4.11. The lowest BCUT2D eigenvalue weighted by Gasteiger charge is -2.05. The molecular weight excluding hydrogens is 244 g/mol. The molecular formula is C11H15ClN2O3. The Morgan fingerprint density at radius 1 is 1.53 bits per heavy atom. The Hall–Kier alpha value is -1.49. The first-order valence-electron chi connectivity index (χ1n) is 5.30. The maximum atomic E-state index is 11.7. The lowest BCUT2D eigenvalue weighted by molar-refractivity contribution is -0.142. The van der Waals surface area contributed by atoms with Crippen LogP contribution in [0.4, 0.5) is 0 Å². The van der Waals surface area contributed by atoms with Crippen molar-refractivity contribution in [1.82, 2.24) is 9.88 Å². The third-order valence-corrected chi connectivity index (χ3v) is 2.33. The molecule has 0 aliphatic rings. The van der Waals surface area contributed by atoms with E-state index in [0.29, 0.717) is 17.3 Å². The van der Waals surface area contributed by atoms with Crippen LogP contribution < -0.4 is 5.32 Å². The third-order valence-electron chi connectivity index (χ3n) is 2.12. The highest BCUT2D eigenvalue weighted by Gasteiger charge is 2.11. The van der Waals surface area contributed by atoms with Crippen LogP contribution in [0.2, 0.25) is 5.02 Å². The van der Waals surface area contributed by atoms with Crippen molar-refractivity contribution >= 4 is 23.5 Å². The van der Waals surface area contributed by atoms with Gasteiger partial charge in [-0.05, 0) is 13.0 Å². The summed E-state index contributed by atoms with van der Waals surface area (Å²) in [5, 5.41) is 3.13. The van der Waals surface area contributed by atoms with Crippen molar-refractivity contribution in [3.8, 4) is 0 Å². The maximum Gasteiger partial charge on any atom is 0.307 e. The topological polar surface area (TPSA) is 60.3 Å². The number of esters is 1. The number of carbonyl (C=O) groups is 2. The largest absolute Gasteiger partial charge is 0.466 e. The van der Waals surface area contributed by atoms with Gasteiger partial charge in [0.1, 0.15) is 5.69 Å². The zero-order chi connectivity index (χ0) is 12.8. The van der Waals surface area contributed by atoms with Gasteiger partial charge in [0, 0.05) is 19.8 Å². The zero-order valence-electron chi connectivity index (χ0n) is 9.83. The van der Waals surface area contributed by atoms with Gasteiger partial charge in [-0.3, -0.25) is 9.59 Å². The van der Waals surface area contributed by atoms with Crippen molar-refractivity contribution < 1.29 is 14.3 Å². The lowest BCUT2D eigenvalue weighted by atomic mass is 10.3. The lowest BCUT2D eigenvalue weighted by Crippen LogP contribution is -2.28. The minimum Gasteiger partial charge on any atom is -0.466 e. The van der Waals surface area contributed by atoms with Gasteiger partial charge in [-0.2, -0.15) is 0 Å². The first kappa shape index (κ1) is 13.6. The van der Waals surface area contributed by atoms with Gasteiger partial charge in [0.15, 0.2) is 0 Å². The zero-order valence-corrected chi connectivity index (χ0v) is 10.6. The number of carbonyl (C=O) groups excluding carboxylic acids is 2. The average Bonchev–Trinajstić information content (AvgIpc) is 2.58. The predicted molar refractivity (Wildman–Crippen MR) is 64.0 cm³/mol. The van der Waals surface area contributed by atoms with Crippen LogP contribution in [0.15, 0.2) is 12.3 Å². The highest BCUT2D eigenvalue weighted by Crippen LogP contribution is 2.12. The Kier molecular flexibility index (Phi) is 5.03. The number of nitrogens with one attached hydrogen (secondary N) is 1. The van der Waals surface area contributed by atoms with Crippen LogP contribution in [-0.2, 0) is 16.6 Å².